The lowest BCUT2D eigenvalue weighted by atomic mass is 9.43. The van der Waals surface area contributed by atoms with Crippen LogP contribution in [0.4, 0.5) is 0 Å². The first-order valence-corrected chi connectivity index (χ1v) is 11.8. The summed E-state index contributed by atoms with van der Waals surface area (Å²) in [4.78, 5) is 31.0. The smallest absolute Gasteiger partial charge is 0.351 e. The summed E-state index contributed by atoms with van der Waals surface area (Å²) in [7, 11) is 0. The standard InChI is InChI=1S/C25H28ClNO7/c1-23-6-4-17(29)24(2,11-28)16(23)9-18(30)25(3)21(23)20(31)19-15(34-25)8-14(33-22(19)32)12-10-27-7-5-13(12)26/h5,7-8,10,16-18,21,28-30H,4,6,9,11H2,1-3H3/t16?,17-,18-,21?,23-,24-,25+/m0/s1. The minimum atomic E-state index is -1.31. The number of rotatable bonds is 2. The number of aliphatic hydroxyl groups excluding tert-OH is 3. The summed E-state index contributed by atoms with van der Waals surface area (Å²) in [5.41, 5.74) is -3.60. The van der Waals surface area contributed by atoms with Gasteiger partial charge in [0.15, 0.2) is 5.78 Å². The molecule has 3 heterocycles. The number of pyridine rings is 1. The Kier molecular flexibility index (Phi) is 5.26. The highest BCUT2D eigenvalue weighted by Gasteiger charge is 2.69. The number of hydrogen-bond acceptors (Lipinski definition) is 8. The van der Waals surface area contributed by atoms with E-state index in [1.54, 1.807) is 19.9 Å². The van der Waals surface area contributed by atoms with Crippen molar-refractivity contribution in [3.05, 3.63) is 45.5 Å². The largest absolute Gasteiger partial charge is 0.483 e. The first kappa shape index (κ1) is 23.5. The van der Waals surface area contributed by atoms with E-state index in [0.717, 1.165) is 0 Å². The fourth-order valence-electron chi connectivity index (χ4n) is 6.88. The van der Waals surface area contributed by atoms with E-state index in [9.17, 15) is 24.9 Å². The molecule has 2 aliphatic carbocycles. The number of hydrogen-bond donors (Lipinski definition) is 3. The second kappa shape index (κ2) is 7.62. The van der Waals surface area contributed by atoms with Crippen molar-refractivity contribution >= 4 is 17.4 Å². The summed E-state index contributed by atoms with van der Waals surface area (Å²) in [5, 5.41) is 32.6. The Balaban J connectivity index is 1.67. The zero-order chi connectivity index (χ0) is 24.6. The number of carbonyl (C=O) groups is 1. The molecule has 2 fully saturated rings. The van der Waals surface area contributed by atoms with E-state index >= 15 is 0 Å². The SMILES string of the molecule is C[C@]12CC[C@H](O)[C@@](C)(CO)C1C[C@H](O)[C@@]1(C)Oc3cc(-c4cnccc4Cl)oc(=O)c3C(=O)C21. The van der Waals surface area contributed by atoms with E-state index in [1.807, 2.05) is 6.92 Å². The molecule has 34 heavy (non-hydrogen) atoms. The van der Waals surface area contributed by atoms with Crippen molar-refractivity contribution in [2.75, 3.05) is 6.61 Å². The maximum Gasteiger partial charge on any atom is 0.351 e. The monoisotopic (exact) mass is 489 g/mol. The van der Waals surface area contributed by atoms with Crippen molar-refractivity contribution in [1.82, 2.24) is 4.98 Å². The highest BCUT2D eigenvalue weighted by molar-refractivity contribution is 6.33. The molecule has 3 N–H and O–H groups in total. The minimum Gasteiger partial charge on any atom is -0.483 e. The molecule has 182 valence electrons. The molecule has 8 nitrogen and oxygen atoms in total. The maximum absolute atomic E-state index is 14.0. The predicted molar refractivity (Wildman–Crippen MR) is 123 cm³/mol. The molecule has 0 aromatic carbocycles. The van der Waals surface area contributed by atoms with Crippen LogP contribution in [0.5, 0.6) is 5.75 Å². The van der Waals surface area contributed by atoms with Gasteiger partial charge in [-0.05, 0) is 43.6 Å². The Hall–Kier alpha value is -2.26. The van der Waals surface area contributed by atoms with Crippen LogP contribution in [0.25, 0.3) is 11.3 Å². The zero-order valence-corrected chi connectivity index (χ0v) is 20.0. The van der Waals surface area contributed by atoms with E-state index in [4.69, 9.17) is 20.8 Å². The first-order chi connectivity index (χ1) is 16.0. The molecule has 2 saturated carbocycles. The van der Waals surface area contributed by atoms with Gasteiger partial charge in [-0.1, -0.05) is 25.4 Å². The Morgan fingerprint density at radius 3 is 2.62 bits per heavy atom. The van der Waals surface area contributed by atoms with Gasteiger partial charge < -0.3 is 24.5 Å². The van der Waals surface area contributed by atoms with Crippen LogP contribution in [0.15, 0.2) is 33.7 Å². The van der Waals surface area contributed by atoms with Crippen LogP contribution in [-0.2, 0) is 0 Å². The summed E-state index contributed by atoms with van der Waals surface area (Å²) >= 11 is 6.24. The molecule has 2 unspecified atom stereocenters. The number of aromatic nitrogens is 1. The van der Waals surface area contributed by atoms with Crippen molar-refractivity contribution in [1.29, 1.82) is 0 Å². The third-order valence-electron chi connectivity index (χ3n) is 8.79. The number of nitrogens with zero attached hydrogens (tertiary/aromatic N) is 1. The van der Waals surface area contributed by atoms with E-state index < -0.39 is 46.0 Å². The van der Waals surface area contributed by atoms with Gasteiger partial charge in [0.05, 0.1) is 35.3 Å². The lowest BCUT2D eigenvalue weighted by Crippen LogP contribution is -2.71. The lowest BCUT2D eigenvalue weighted by Gasteiger charge is -2.64. The molecule has 7 atom stereocenters. The summed E-state index contributed by atoms with van der Waals surface area (Å²) < 4.78 is 11.8. The topological polar surface area (TPSA) is 130 Å². The van der Waals surface area contributed by atoms with E-state index in [0.29, 0.717) is 23.4 Å². The Morgan fingerprint density at radius 2 is 1.94 bits per heavy atom. The molecule has 1 aliphatic heterocycles. The molecular weight excluding hydrogens is 462 g/mol. The van der Waals surface area contributed by atoms with Crippen LogP contribution in [0.1, 0.15) is 50.4 Å². The second-order valence-corrected chi connectivity index (χ2v) is 11.0. The highest BCUT2D eigenvalue weighted by Crippen LogP contribution is 2.64. The Bertz CT molecular complexity index is 1230. The van der Waals surface area contributed by atoms with Gasteiger partial charge in [0.25, 0.3) is 0 Å². The third kappa shape index (κ3) is 2.98. The van der Waals surface area contributed by atoms with Crippen LogP contribution < -0.4 is 10.4 Å². The van der Waals surface area contributed by atoms with Gasteiger partial charge in [-0.25, -0.2) is 4.79 Å². The number of fused-ring (bicyclic) bond motifs is 4. The van der Waals surface area contributed by atoms with Crippen LogP contribution in [-0.4, -0.2) is 50.5 Å². The predicted octanol–water partition coefficient (Wildman–Crippen LogP) is 2.85. The van der Waals surface area contributed by atoms with Gasteiger partial charge in [-0.15, -0.1) is 0 Å². The summed E-state index contributed by atoms with van der Waals surface area (Å²) in [5.74, 6) is -1.53. The molecule has 2 aromatic rings. The van der Waals surface area contributed by atoms with Crippen molar-refractivity contribution < 1.29 is 29.3 Å². The molecule has 2 aromatic heterocycles. The third-order valence-corrected chi connectivity index (χ3v) is 9.12. The molecular formula is C25H28ClNO7. The molecule has 0 spiro atoms. The number of carbonyl (C=O) groups excluding carboxylic acids is 1. The first-order valence-electron chi connectivity index (χ1n) is 11.5. The van der Waals surface area contributed by atoms with Crippen LogP contribution >= 0.6 is 11.6 Å². The van der Waals surface area contributed by atoms with Crippen molar-refractivity contribution in [3.63, 3.8) is 0 Å². The lowest BCUT2D eigenvalue weighted by molar-refractivity contribution is -0.226. The molecule has 0 bridgehead atoms. The quantitative estimate of drug-likeness (QED) is 0.587. The highest BCUT2D eigenvalue weighted by atomic mass is 35.5. The second-order valence-electron chi connectivity index (χ2n) is 10.6. The van der Waals surface area contributed by atoms with Crippen molar-refractivity contribution in [3.8, 4) is 17.1 Å². The fourth-order valence-corrected chi connectivity index (χ4v) is 7.07. The average molecular weight is 490 g/mol. The normalized spacial score (nSPS) is 39.0. The van der Waals surface area contributed by atoms with E-state index in [1.165, 1.54) is 18.5 Å². The number of halogens is 1. The zero-order valence-electron chi connectivity index (χ0n) is 19.2. The van der Waals surface area contributed by atoms with Crippen molar-refractivity contribution in [2.45, 2.75) is 57.8 Å². The minimum absolute atomic E-state index is 0.0387. The summed E-state index contributed by atoms with van der Waals surface area (Å²) in [6, 6.07) is 3.00. The average Bonchev–Trinajstić information content (AvgIpc) is 2.78. The number of Topliss-reactive ketones (excluding diaryl/α,β-unsaturated/α-hetero) is 1. The molecule has 5 rings (SSSR count). The fraction of sp³-hybridized carbons (Fsp3) is 0.560. The number of aliphatic hydroxyl groups is 3. The van der Waals surface area contributed by atoms with Gasteiger partial charge in [-0.3, -0.25) is 9.78 Å². The summed E-state index contributed by atoms with van der Waals surface area (Å²) in [6.45, 7) is 5.13. The Labute approximate surface area is 201 Å². The molecule has 0 amide bonds. The molecule has 3 aliphatic rings. The van der Waals surface area contributed by atoms with E-state index in [-0.39, 0.29) is 36.0 Å². The number of ketones is 1. The molecule has 0 saturated heterocycles. The van der Waals surface area contributed by atoms with Crippen molar-refractivity contribution in [2.24, 2.45) is 22.7 Å². The summed E-state index contributed by atoms with van der Waals surface area (Å²) in [6.07, 6.45) is 2.23. The maximum atomic E-state index is 14.0. The van der Waals surface area contributed by atoms with Crippen LogP contribution in [0.3, 0.4) is 0 Å². The van der Waals surface area contributed by atoms with Gasteiger partial charge >= 0.3 is 5.63 Å². The van der Waals surface area contributed by atoms with Gasteiger partial charge in [0, 0.05) is 23.9 Å². The molecule has 0 radical (unpaired) electrons. The van der Waals surface area contributed by atoms with Gasteiger partial charge in [-0.2, -0.15) is 0 Å². The van der Waals surface area contributed by atoms with Crippen LogP contribution in [0, 0.1) is 22.7 Å². The van der Waals surface area contributed by atoms with Crippen LogP contribution in [0.2, 0.25) is 5.02 Å². The van der Waals surface area contributed by atoms with Gasteiger partial charge in [0.2, 0.25) is 0 Å². The van der Waals surface area contributed by atoms with Gasteiger partial charge in [0.1, 0.15) is 22.7 Å². The number of ether oxygens (including phenoxy) is 1. The Morgan fingerprint density at radius 1 is 1.21 bits per heavy atom. The van der Waals surface area contributed by atoms with E-state index in [2.05, 4.69) is 4.98 Å². The molecule has 9 heteroatoms.